The van der Waals surface area contributed by atoms with Crippen LogP contribution in [0.1, 0.15) is 18.9 Å². The number of carbonyl (C=O) groups excluding carboxylic acids is 1. The number of carbonyl (C=O) groups is 1. The van der Waals surface area contributed by atoms with Gasteiger partial charge in [0.1, 0.15) is 0 Å². The Kier molecular flexibility index (Phi) is 4.51. The van der Waals surface area contributed by atoms with E-state index in [-0.39, 0.29) is 11.2 Å². The zero-order valence-electron chi connectivity index (χ0n) is 9.78. The number of hydrogen-bond donors (Lipinski definition) is 1. The molecule has 2 nitrogen and oxygen atoms in total. The van der Waals surface area contributed by atoms with Gasteiger partial charge < -0.3 is 5.32 Å². The highest BCUT2D eigenvalue weighted by atomic mass is 79.9. The summed E-state index contributed by atoms with van der Waals surface area (Å²) in [5.41, 5.74) is 1.29. The van der Waals surface area contributed by atoms with E-state index in [1.165, 1.54) is 10.5 Å². The third-order valence-electron chi connectivity index (χ3n) is 2.88. The van der Waals surface area contributed by atoms with E-state index in [0.29, 0.717) is 11.4 Å². The van der Waals surface area contributed by atoms with Gasteiger partial charge in [-0.1, -0.05) is 41.1 Å². The first-order valence-electron chi connectivity index (χ1n) is 5.87. The first kappa shape index (κ1) is 13.0. The van der Waals surface area contributed by atoms with Gasteiger partial charge in [-0.2, -0.15) is 0 Å². The summed E-state index contributed by atoms with van der Waals surface area (Å²) in [5.74, 6) is 0.157. The monoisotopic (exact) mass is 313 g/mol. The van der Waals surface area contributed by atoms with Crippen LogP contribution in [0.5, 0.6) is 0 Å². The fraction of sp³-hybridized carbons (Fsp3) is 0.462. The number of thioether (sulfide) groups is 1. The zero-order valence-corrected chi connectivity index (χ0v) is 12.2. The van der Waals surface area contributed by atoms with E-state index < -0.39 is 0 Å². The smallest absolute Gasteiger partial charge is 0.233 e. The van der Waals surface area contributed by atoms with E-state index in [2.05, 4.69) is 40.3 Å². The van der Waals surface area contributed by atoms with Gasteiger partial charge >= 0.3 is 0 Å². The SMILES string of the molecule is CCC(Br)CNC(=O)C1Cc2ccccc2S1. The maximum Gasteiger partial charge on any atom is 0.233 e. The summed E-state index contributed by atoms with van der Waals surface area (Å²) in [7, 11) is 0. The molecule has 92 valence electrons. The van der Waals surface area contributed by atoms with Crippen molar-refractivity contribution in [2.45, 2.75) is 34.7 Å². The van der Waals surface area contributed by atoms with Gasteiger partial charge in [-0.05, 0) is 24.5 Å². The summed E-state index contributed by atoms with van der Waals surface area (Å²) >= 11 is 5.20. The molecule has 0 fully saturated rings. The Balaban J connectivity index is 1.88. The summed E-state index contributed by atoms with van der Waals surface area (Å²) in [4.78, 5) is 13.6. The van der Waals surface area contributed by atoms with Crippen LogP contribution in [-0.4, -0.2) is 22.5 Å². The molecule has 2 rings (SSSR count). The van der Waals surface area contributed by atoms with Crippen molar-refractivity contribution in [1.29, 1.82) is 0 Å². The second kappa shape index (κ2) is 5.91. The Hall–Kier alpha value is -0.480. The van der Waals surface area contributed by atoms with Gasteiger partial charge in [0.2, 0.25) is 5.91 Å². The molecule has 0 bridgehead atoms. The summed E-state index contributed by atoms with van der Waals surface area (Å²) in [6.45, 7) is 2.81. The molecule has 4 heteroatoms. The van der Waals surface area contributed by atoms with Crippen LogP contribution in [0.4, 0.5) is 0 Å². The Morgan fingerprint density at radius 1 is 1.59 bits per heavy atom. The van der Waals surface area contributed by atoms with Crippen molar-refractivity contribution < 1.29 is 4.79 Å². The van der Waals surface area contributed by atoms with E-state index in [1.54, 1.807) is 11.8 Å². The minimum absolute atomic E-state index is 0.0453. The van der Waals surface area contributed by atoms with Crippen molar-refractivity contribution in [2.75, 3.05) is 6.54 Å². The number of amides is 1. The third kappa shape index (κ3) is 3.26. The molecule has 0 saturated heterocycles. The Bertz CT molecular complexity index is 385. The number of benzene rings is 1. The number of fused-ring (bicyclic) bond motifs is 1. The number of nitrogens with one attached hydrogen (secondary N) is 1. The van der Waals surface area contributed by atoms with Gasteiger partial charge in [-0.3, -0.25) is 4.79 Å². The zero-order chi connectivity index (χ0) is 12.3. The highest BCUT2D eigenvalue weighted by Crippen LogP contribution is 2.36. The predicted molar refractivity (Wildman–Crippen MR) is 75.8 cm³/mol. The molecule has 0 spiro atoms. The minimum Gasteiger partial charge on any atom is -0.354 e. The van der Waals surface area contributed by atoms with Crippen LogP contribution in [0.3, 0.4) is 0 Å². The molecule has 1 aromatic carbocycles. The molecule has 0 saturated carbocycles. The average molecular weight is 314 g/mol. The maximum absolute atomic E-state index is 12.0. The fourth-order valence-electron chi connectivity index (χ4n) is 1.80. The number of rotatable bonds is 4. The molecule has 0 aromatic heterocycles. The molecule has 0 radical (unpaired) electrons. The van der Waals surface area contributed by atoms with E-state index >= 15 is 0 Å². The van der Waals surface area contributed by atoms with Gasteiger partial charge in [-0.25, -0.2) is 0 Å². The topological polar surface area (TPSA) is 29.1 Å². The van der Waals surface area contributed by atoms with Gasteiger partial charge in [0.25, 0.3) is 0 Å². The molecule has 1 aliphatic rings. The summed E-state index contributed by atoms with van der Waals surface area (Å²) in [6, 6.07) is 8.25. The molecule has 17 heavy (non-hydrogen) atoms. The van der Waals surface area contributed by atoms with Crippen LogP contribution in [0.25, 0.3) is 0 Å². The fourth-order valence-corrected chi connectivity index (χ4v) is 3.18. The standard InChI is InChI=1S/C13H16BrNOS/c1-2-10(14)8-15-13(16)12-7-9-5-3-4-6-11(9)17-12/h3-6,10,12H,2,7-8H2,1H3,(H,15,16). The Morgan fingerprint density at radius 3 is 3.06 bits per heavy atom. The average Bonchev–Trinajstić information content (AvgIpc) is 2.79. The van der Waals surface area contributed by atoms with Crippen molar-refractivity contribution in [3.05, 3.63) is 29.8 Å². The van der Waals surface area contributed by atoms with Gasteiger partial charge in [-0.15, -0.1) is 11.8 Å². The lowest BCUT2D eigenvalue weighted by molar-refractivity contribution is -0.120. The summed E-state index contributed by atoms with van der Waals surface area (Å²) in [5, 5.41) is 3.05. The lowest BCUT2D eigenvalue weighted by Crippen LogP contribution is -2.36. The molecule has 2 atom stereocenters. The largest absolute Gasteiger partial charge is 0.354 e. The van der Waals surface area contributed by atoms with Crippen LogP contribution in [0.2, 0.25) is 0 Å². The van der Waals surface area contributed by atoms with Crippen molar-refractivity contribution in [3.8, 4) is 0 Å². The highest BCUT2D eigenvalue weighted by molar-refractivity contribution is 9.09. The Labute approximate surface area is 115 Å². The van der Waals surface area contributed by atoms with Crippen LogP contribution >= 0.6 is 27.7 Å². The van der Waals surface area contributed by atoms with Crippen molar-refractivity contribution in [2.24, 2.45) is 0 Å². The predicted octanol–water partition coefficient (Wildman–Crippen LogP) is 2.99. The van der Waals surface area contributed by atoms with Crippen molar-refractivity contribution >= 4 is 33.6 Å². The number of alkyl halides is 1. The molecular weight excluding hydrogens is 298 g/mol. The molecular formula is C13H16BrNOS. The van der Waals surface area contributed by atoms with E-state index in [9.17, 15) is 4.79 Å². The maximum atomic E-state index is 12.0. The van der Waals surface area contributed by atoms with E-state index in [1.807, 2.05) is 12.1 Å². The van der Waals surface area contributed by atoms with E-state index in [0.717, 1.165) is 12.8 Å². The van der Waals surface area contributed by atoms with Crippen LogP contribution < -0.4 is 5.32 Å². The van der Waals surface area contributed by atoms with E-state index in [4.69, 9.17) is 0 Å². The van der Waals surface area contributed by atoms with Crippen LogP contribution in [-0.2, 0) is 11.2 Å². The number of halogens is 1. The first-order chi connectivity index (χ1) is 8.20. The third-order valence-corrected chi connectivity index (χ3v) is 5.17. The molecule has 1 aliphatic heterocycles. The molecule has 1 N–H and O–H groups in total. The van der Waals surface area contributed by atoms with Gasteiger partial charge in [0.05, 0.1) is 5.25 Å². The molecule has 1 heterocycles. The lowest BCUT2D eigenvalue weighted by Gasteiger charge is -2.12. The molecule has 1 aromatic rings. The summed E-state index contributed by atoms with van der Waals surface area (Å²) in [6.07, 6.45) is 1.88. The van der Waals surface area contributed by atoms with Gasteiger partial charge in [0, 0.05) is 16.3 Å². The second-order valence-corrected chi connectivity index (χ2v) is 6.71. The highest BCUT2D eigenvalue weighted by Gasteiger charge is 2.27. The Morgan fingerprint density at radius 2 is 2.35 bits per heavy atom. The van der Waals surface area contributed by atoms with Crippen LogP contribution in [0.15, 0.2) is 29.2 Å². The molecule has 1 amide bonds. The van der Waals surface area contributed by atoms with Gasteiger partial charge in [0.15, 0.2) is 0 Å². The first-order valence-corrected chi connectivity index (χ1v) is 7.66. The molecule has 0 aliphatic carbocycles. The molecule has 2 unspecified atom stereocenters. The number of hydrogen-bond acceptors (Lipinski definition) is 2. The lowest BCUT2D eigenvalue weighted by atomic mass is 10.1. The second-order valence-electron chi connectivity index (χ2n) is 4.17. The van der Waals surface area contributed by atoms with Crippen LogP contribution in [0, 0.1) is 0 Å². The summed E-state index contributed by atoms with van der Waals surface area (Å²) < 4.78 is 0. The normalized spacial score (nSPS) is 19.8. The van der Waals surface area contributed by atoms with Crippen molar-refractivity contribution in [3.63, 3.8) is 0 Å². The quantitative estimate of drug-likeness (QED) is 0.866. The van der Waals surface area contributed by atoms with Crippen molar-refractivity contribution in [1.82, 2.24) is 5.32 Å². The minimum atomic E-state index is 0.0453.